The highest BCUT2D eigenvalue weighted by Crippen LogP contribution is 2.17. The number of carbonyl (C=O) groups excluding carboxylic acids is 1. The van der Waals surface area contributed by atoms with E-state index in [1.165, 1.54) is 0 Å². The van der Waals surface area contributed by atoms with E-state index in [0.29, 0.717) is 19.4 Å². The van der Waals surface area contributed by atoms with E-state index in [9.17, 15) is 9.59 Å². The van der Waals surface area contributed by atoms with Crippen molar-refractivity contribution in [3.8, 4) is 0 Å². The highest BCUT2D eigenvalue weighted by Gasteiger charge is 2.20. The van der Waals surface area contributed by atoms with E-state index >= 15 is 0 Å². The molecule has 122 valence electrons. The number of amides is 1. The first-order valence-corrected chi connectivity index (χ1v) is 7.97. The lowest BCUT2D eigenvalue weighted by molar-refractivity contribution is -0.141. The molecule has 2 unspecified atom stereocenters. The van der Waals surface area contributed by atoms with Gasteiger partial charge in [-0.2, -0.15) is 0 Å². The lowest BCUT2D eigenvalue weighted by atomic mass is 9.95. The molecule has 22 heavy (non-hydrogen) atoms. The zero-order chi connectivity index (χ0) is 16.5. The Balaban J connectivity index is 2.66. The minimum atomic E-state index is -0.916. The Labute approximate surface area is 139 Å². The van der Waals surface area contributed by atoms with Crippen molar-refractivity contribution in [2.75, 3.05) is 20.3 Å². The molecule has 1 amide bonds. The van der Waals surface area contributed by atoms with Crippen molar-refractivity contribution in [2.24, 2.45) is 11.8 Å². The second-order valence-electron chi connectivity index (χ2n) is 5.30. The Morgan fingerprint density at radius 3 is 2.73 bits per heavy atom. The first-order valence-electron chi connectivity index (χ1n) is 7.18. The average Bonchev–Trinajstić information content (AvgIpc) is 2.48. The maximum absolute atomic E-state index is 12.3. The fourth-order valence-electron chi connectivity index (χ4n) is 2.02. The monoisotopic (exact) mass is 371 g/mol. The third-order valence-corrected chi connectivity index (χ3v) is 3.91. The van der Waals surface area contributed by atoms with Crippen LogP contribution in [0.5, 0.6) is 0 Å². The van der Waals surface area contributed by atoms with Gasteiger partial charge in [-0.1, -0.05) is 35.0 Å². The Hall–Kier alpha value is -1.40. The molecule has 0 fully saturated rings. The van der Waals surface area contributed by atoms with Gasteiger partial charge in [-0.15, -0.1) is 0 Å². The zero-order valence-corrected chi connectivity index (χ0v) is 14.4. The molecule has 0 spiro atoms. The van der Waals surface area contributed by atoms with Crippen LogP contribution in [0, 0.1) is 11.8 Å². The number of hydrogen-bond donors (Lipinski definition) is 2. The molecular weight excluding hydrogens is 350 g/mol. The fraction of sp³-hybridized carbons (Fsp3) is 0.500. The summed E-state index contributed by atoms with van der Waals surface area (Å²) < 4.78 is 6.03. The van der Waals surface area contributed by atoms with E-state index in [-0.39, 0.29) is 18.4 Å². The molecule has 2 N–H and O–H groups in total. The SMILES string of the molecule is COCCC(Cc1cccc(Br)c1)C(=O)NCC(C)C(=O)O. The molecule has 0 aliphatic carbocycles. The van der Waals surface area contributed by atoms with Crippen LogP contribution in [-0.4, -0.2) is 37.2 Å². The van der Waals surface area contributed by atoms with E-state index in [1.807, 2.05) is 24.3 Å². The van der Waals surface area contributed by atoms with Crippen molar-refractivity contribution >= 4 is 27.8 Å². The van der Waals surface area contributed by atoms with Crippen LogP contribution in [-0.2, 0) is 20.7 Å². The second kappa shape index (κ2) is 9.58. The van der Waals surface area contributed by atoms with E-state index in [2.05, 4.69) is 21.2 Å². The number of halogens is 1. The third kappa shape index (κ3) is 6.58. The summed E-state index contributed by atoms with van der Waals surface area (Å²) in [5, 5.41) is 11.6. The van der Waals surface area contributed by atoms with Crippen molar-refractivity contribution in [3.63, 3.8) is 0 Å². The summed E-state index contributed by atoms with van der Waals surface area (Å²) in [5.74, 6) is -1.89. The summed E-state index contributed by atoms with van der Waals surface area (Å²) in [4.78, 5) is 23.1. The van der Waals surface area contributed by atoms with Crippen LogP contribution in [0.15, 0.2) is 28.7 Å². The maximum Gasteiger partial charge on any atom is 0.308 e. The van der Waals surface area contributed by atoms with E-state index in [4.69, 9.17) is 9.84 Å². The summed E-state index contributed by atoms with van der Waals surface area (Å²) >= 11 is 3.42. The van der Waals surface area contributed by atoms with Gasteiger partial charge in [0.15, 0.2) is 0 Å². The highest BCUT2D eigenvalue weighted by molar-refractivity contribution is 9.10. The number of carboxylic acid groups (broad SMARTS) is 1. The number of ether oxygens (including phenoxy) is 1. The molecule has 0 heterocycles. The Morgan fingerprint density at radius 1 is 1.41 bits per heavy atom. The molecule has 2 atom stereocenters. The number of aliphatic carboxylic acids is 1. The number of rotatable bonds is 9. The Morgan fingerprint density at radius 2 is 2.14 bits per heavy atom. The quantitative estimate of drug-likeness (QED) is 0.698. The summed E-state index contributed by atoms with van der Waals surface area (Å²) in [7, 11) is 1.60. The zero-order valence-electron chi connectivity index (χ0n) is 12.8. The lowest BCUT2D eigenvalue weighted by Crippen LogP contribution is -2.37. The van der Waals surface area contributed by atoms with Gasteiger partial charge < -0.3 is 15.2 Å². The molecule has 1 aromatic rings. The van der Waals surface area contributed by atoms with E-state index in [0.717, 1.165) is 10.0 Å². The molecule has 6 heteroatoms. The van der Waals surface area contributed by atoms with Crippen LogP contribution in [0.25, 0.3) is 0 Å². The van der Waals surface area contributed by atoms with Crippen molar-refractivity contribution in [1.29, 1.82) is 0 Å². The molecule has 0 aliphatic rings. The van der Waals surface area contributed by atoms with Gasteiger partial charge in [0.25, 0.3) is 0 Å². The number of hydrogen-bond acceptors (Lipinski definition) is 3. The number of carbonyl (C=O) groups is 2. The molecule has 5 nitrogen and oxygen atoms in total. The molecule has 0 radical (unpaired) electrons. The first-order chi connectivity index (χ1) is 10.4. The predicted molar refractivity (Wildman–Crippen MR) is 87.6 cm³/mol. The normalized spacial score (nSPS) is 13.4. The van der Waals surface area contributed by atoms with Crippen molar-refractivity contribution in [2.45, 2.75) is 19.8 Å². The third-order valence-electron chi connectivity index (χ3n) is 3.42. The van der Waals surface area contributed by atoms with Gasteiger partial charge in [0.05, 0.1) is 5.92 Å². The van der Waals surface area contributed by atoms with Gasteiger partial charge >= 0.3 is 5.97 Å². The molecule has 0 aromatic heterocycles. The fourth-order valence-corrected chi connectivity index (χ4v) is 2.47. The van der Waals surface area contributed by atoms with Gasteiger partial charge in [0.2, 0.25) is 5.91 Å². The summed E-state index contributed by atoms with van der Waals surface area (Å²) in [6.07, 6.45) is 1.19. The number of carboxylic acids is 1. The molecular formula is C16H22BrNO4. The second-order valence-corrected chi connectivity index (χ2v) is 6.21. The highest BCUT2D eigenvalue weighted by atomic mass is 79.9. The van der Waals surface area contributed by atoms with Crippen LogP contribution >= 0.6 is 15.9 Å². The van der Waals surface area contributed by atoms with Crippen LogP contribution in [0.1, 0.15) is 18.9 Å². The molecule has 0 saturated carbocycles. The molecule has 0 bridgehead atoms. The summed E-state index contributed by atoms with van der Waals surface area (Å²) in [6, 6.07) is 7.81. The smallest absolute Gasteiger partial charge is 0.308 e. The molecule has 0 aliphatic heterocycles. The Bertz CT molecular complexity index is 507. The topological polar surface area (TPSA) is 75.6 Å². The Kier molecular flexibility index (Phi) is 8.12. The van der Waals surface area contributed by atoms with Crippen LogP contribution < -0.4 is 5.32 Å². The molecule has 1 rings (SSSR count). The van der Waals surface area contributed by atoms with Gasteiger partial charge in [-0.05, 0) is 30.5 Å². The molecule has 1 aromatic carbocycles. The van der Waals surface area contributed by atoms with Gasteiger partial charge in [0, 0.05) is 30.7 Å². The van der Waals surface area contributed by atoms with Gasteiger partial charge in [0.1, 0.15) is 0 Å². The number of methoxy groups -OCH3 is 1. The van der Waals surface area contributed by atoms with E-state index in [1.54, 1.807) is 14.0 Å². The maximum atomic E-state index is 12.3. The van der Waals surface area contributed by atoms with Crippen LogP contribution in [0.3, 0.4) is 0 Å². The minimum Gasteiger partial charge on any atom is -0.481 e. The number of nitrogens with one attached hydrogen (secondary N) is 1. The lowest BCUT2D eigenvalue weighted by Gasteiger charge is -2.18. The largest absolute Gasteiger partial charge is 0.481 e. The summed E-state index contributed by atoms with van der Waals surface area (Å²) in [5.41, 5.74) is 1.05. The van der Waals surface area contributed by atoms with Gasteiger partial charge in [-0.3, -0.25) is 9.59 Å². The van der Waals surface area contributed by atoms with Crippen LogP contribution in [0.2, 0.25) is 0 Å². The summed E-state index contributed by atoms with van der Waals surface area (Å²) in [6.45, 7) is 2.19. The minimum absolute atomic E-state index is 0.134. The average molecular weight is 372 g/mol. The van der Waals surface area contributed by atoms with E-state index < -0.39 is 11.9 Å². The standard InChI is InChI=1S/C16H22BrNO4/c1-11(16(20)21)10-18-15(19)13(6-7-22-2)8-12-4-3-5-14(17)9-12/h3-5,9,11,13H,6-8,10H2,1-2H3,(H,18,19)(H,20,21). The van der Waals surface area contributed by atoms with Crippen molar-refractivity contribution in [1.82, 2.24) is 5.32 Å². The van der Waals surface area contributed by atoms with Crippen molar-refractivity contribution in [3.05, 3.63) is 34.3 Å². The predicted octanol–water partition coefficient (Wildman–Crippen LogP) is 2.48. The van der Waals surface area contributed by atoms with Crippen molar-refractivity contribution < 1.29 is 19.4 Å². The van der Waals surface area contributed by atoms with Crippen LogP contribution in [0.4, 0.5) is 0 Å². The first kappa shape index (κ1) is 18.6. The molecule has 0 saturated heterocycles. The number of benzene rings is 1. The van der Waals surface area contributed by atoms with Gasteiger partial charge in [-0.25, -0.2) is 0 Å².